The van der Waals surface area contributed by atoms with E-state index in [1.54, 1.807) is 18.2 Å². The number of benzene rings is 1. The van der Waals surface area contributed by atoms with Gasteiger partial charge < -0.3 is 0 Å². The second-order valence-electron chi connectivity index (χ2n) is 1.78. The molecule has 0 atom stereocenters. The first-order chi connectivity index (χ1) is 4.61. The van der Waals surface area contributed by atoms with Gasteiger partial charge in [0.15, 0.2) is 16.5 Å². The lowest BCUT2D eigenvalue weighted by Gasteiger charge is -1.92. The zero-order valence-electron chi connectivity index (χ0n) is 4.97. The first-order valence-electron chi connectivity index (χ1n) is 2.64. The first-order valence-corrected chi connectivity index (χ1v) is 5.12. The van der Waals surface area contributed by atoms with Crippen LogP contribution in [0.25, 0.3) is 0 Å². The summed E-state index contributed by atoms with van der Waals surface area (Å²) in [6.07, 6.45) is 0. The molecule has 0 N–H and O–H groups in total. The van der Waals surface area contributed by atoms with Crippen LogP contribution in [0.1, 0.15) is 0 Å². The largest absolute Gasteiger partial charge is 0.516 e. The van der Waals surface area contributed by atoms with E-state index in [9.17, 15) is 8.39 Å². The van der Waals surface area contributed by atoms with Crippen molar-refractivity contribution in [2.24, 2.45) is 0 Å². The van der Waals surface area contributed by atoms with Gasteiger partial charge in [0.05, 0.1) is 0 Å². The van der Waals surface area contributed by atoms with E-state index in [1.165, 1.54) is 12.1 Å². The molecule has 10 heavy (non-hydrogen) atoms. The number of hydrogen-bond acceptors (Lipinski definition) is 0. The summed E-state index contributed by atoms with van der Waals surface area (Å²) in [5.74, 6) is 0. The molecular formula is C6H5ClF2P+. The van der Waals surface area contributed by atoms with Gasteiger partial charge in [0.2, 0.25) is 0 Å². The van der Waals surface area contributed by atoms with Gasteiger partial charge in [-0.25, -0.2) is 0 Å². The second-order valence-corrected chi connectivity index (χ2v) is 4.46. The van der Waals surface area contributed by atoms with Crippen molar-refractivity contribution in [2.45, 2.75) is 0 Å². The summed E-state index contributed by atoms with van der Waals surface area (Å²) in [5.41, 5.74) is 0. The SMILES string of the molecule is F[P+](F)(Cl)c1ccccc1. The number of hydrogen-bond donors (Lipinski definition) is 0. The van der Waals surface area contributed by atoms with Crippen molar-refractivity contribution in [3.8, 4) is 0 Å². The lowest BCUT2D eigenvalue weighted by Crippen LogP contribution is -1.96. The fraction of sp³-hybridized carbons (Fsp3) is 0. The Morgan fingerprint density at radius 3 is 1.90 bits per heavy atom. The van der Waals surface area contributed by atoms with Crippen LogP contribution in [0.3, 0.4) is 0 Å². The lowest BCUT2D eigenvalue weighted by atomic mass is 10.4. The highest BCUT2D eigenvalue weighted by Crippen LogP contribution is 2.66. The first kappa shape index (κ1) is 7.90. The predicted molar refractivity (Wildman–Crippen MR) is 41.1 cm³/mol. The third kappa shape index (κ3) is 1.89. The molecule has 0 saturated carbocycles. The fourth-order valence-corrected chi connectivity index (χ4v) is 1.45. The smallest absolute Gasteiger partial charge is 0.0620 e. The van der Waals surface area contributed by atoms with Crippen molar-refractivity contribution in [1.82, 2.24) is 0 Å². The van der Waals surface area contributed by atoms with Crippen LogP contribution >= 0.6 is 18.5 Å². The summed E-state index contributed by atoms with van der Waals surface area (Å²) >= 11 is 4.84. The van der Waals surface area contributed by atoms with Crippen LogP contribution in [0, 0.1) is 0 Å². The highest BCUT2D eigenvalue weighted by Gasteiger charge is 2.42. The Hall–Kier alpha value is -0.200. The molecule has 0 fully saturated rings. The van der Waals surface area contributed by atoms with E-state index in [0.29, 0.717) is 0 Å². The molecular weight excluding hydrogens is 176 g/mol. The molecule has 0 aliphatic heterocycles. The van der Waals surface area contributed by atoms with Crippen LogP contribution in [0.4, 0.5) is 8.39 Å². The highest BCUT2D eigenvalue weighted by molar-refractivity contribution is 7.96. The maximum atomic E-state index is 12.3. The average Bonchev–Trinajstić information content (AvgIpc) is 1.88. The average molecular weight is 182 g/mol. The number of rotatable bonds is 1. The van der Waals surface area contributed by atoms with E-state index in [4.69, 9.17) is 11.2 Å². The summed E-state index contributed by atoms with van der Waals surface area (Å²) < 4.78 is 24.7. The molecule has 0 unspecified atom stereocenters. The van der Waals surface area contributed by atoms with E-state index >= 15 is 0 Å². The van der Waals surface area contributed by atoms with Gasteiger partial charge in [-0.3, -0.25) is 0 Å². The molecule has 0 aromatic heterocycles. The maximum absolute atomic E-state index is 12.3. The summed E-state index contributed by atoms with van der Waals surface area (Å²) in [5, 5.41) is -0.0586. The van der Waals surface area contributed by atoms with Gasteiger partial charge in [-0.05, 0) is 12.1 Å². The summed E-state index contributed by atoms with van der Waals surface area (Å²) in [4.78, 5) is 0. The van der Waals surface area contributed by atoms with Gasteiger partial charge >= 0.3 is 7.24 Å². The van der Waals surface area contributed by atoms with Gasteiger partial charge in [-0.1, -0.05) is 18.2 Å². The van der Waals surface area contributed by atoms with Crippen LogP contribution in [-0.2, 0) is 0 Å². The van der Waals surface area contributed by atoms with Crippen molar-refractivity contribution in [3.63, 3.8) is 0 Å². The van der Waals surface area contributed by atoms with Gasteiger partial charge in [0.25, 0.3) is 0 Å². The Bertz CT molecular complexity index is 207. The molecule has 0 nitrogen and oxygen atoms in total. The van der Waals surface area contributed by atoms with E-state index < -0.39 is 7.24 Å². The quantitative estimate of drug-likeness (QED) is 0.584. The fourth-order valence-electron chi connectivity index (χ4n) is 0.597. The van der Waals surface area contributed by atoms with E-state index in [-0.39, 0.29) is 5.30 Å². The monoisotopic (exact) mass is 181 g/mol. The van der Waals surface area contributed by atoms with Gasteiger partial charge in [-0.2, -0.15) is 0 Å². The molecule has 0 spiro atoms. The minimum absolute atomic E-state index is 0.0586. The van der Waals surface area contributed by atoms with Crippen molar-refractivity contribution in [1.29, 1.82) is 0 Å². The van der Waals surface area contributed by atoms with Crippen LogP contribution in [0.15, 0.2) is 30.3 Å². The summed E-state index contributed by atoms with van der Waals surface area (Å²) in [6, 6.07) is 7.44. The Morgan fingerprint density at radius 1 is 1.10 bits per heavy atom. The zero-order valence-corrected chi connectivity index (χ0v) is 6.62. The Kier molecular flexibility index (Phi) is 2.22. The summed E-state index contributed by atoms with van der Waals surface area (Å²) in [7, 11) is -4.30. The van der Waals surface area contributed by atoms with Crippen LogP contribution in [0.5, 0.6) is 0 Å². The number of halogens is 3. The van der Waals surface area contributed by atoms with Crippen LogP contribution in [-0.4, -0.2) is 0 Å². The van der Waals surface area contributed by atoms with E-state index in [0.717, 1.165) is 0 Å². The Labute approximate surface area is 63.2 Å². The van der Waals surface area contributed by atoms with E-state index in [2.05, 4.69) is 0 Å². The molecule has 1 rings (SSSR count). The van der Waals surface area contributed by atoms with Crippen LogP contribution < -0.4 is 5.30 Å². The molecule has 0 amide bonds. The van der Waals surface area contributed by atoms with Gasteiger partial charge in [0, 0.05) is 8.39 Å². The van der Waals surface area contributed by atoms with E-state index in [1.807, 2.05) is 0 Å². The van der Waals surface area contributed by atoms with Crippen LogP contribution in [0.2, 0.25) is 0 Å². The van der Waals surface area contributed by atoms with Crippen molar-refractivity contribution in [3.05, 3.63) is 30.3 Å². The standard InChI is InChI=1S/C6H5ClF2P/c7-10(8,9)6-4-2-1-3-5-6/h1-5H/q+1. The zero-order chi connectivity index (χ0) is 7.61. The Balaban J connectivity index is 2.97. The molecule has 0 bridgehead atoms. The second kappa shape index (κ2) is 2.81. The van der Waals surface area contributed by atoms with Crippen molar-refractivity contribution >= 4 is 23.8 Å². The van der Waals surface area contributed by atoms with Crippen molar-refractivity contribution in [2.75, 3.05) is 0 Å². The molecule has 0 heterocycles. The third-order valence-corrected chi connectivity index (χ3v) is 2.52. The minimum atomic E-state index is -4.30. The maximum Gasteiger partial charge on any atom is 0.516 e. The minimum Gasteiger partial charge on any atom is -0.0620 e. The topological polar surface area (TPSA) is 0 Å². The predicted octanol–water partition coefficient (Wildman–Crippen LogP) is 3.25. The lowest BCUT2D eigenvalue weighted by molar-refractivity contribution is 0.752. The van der Waals surface area contributed by atoms with Gasteiger partial charge in [0.1, 0.15) is 0 Å². The van der Waals surface area contributed by atoms with Crippen molar-refractivity contribution < 1.29 is 8.39 Å². The molecule has 0 saturated heterocycles. The molecule has 1 aromatic carbocycles. The summed E-state index contributed by atoms with van der Waals surface area (Å²) in [6.45, 7) is 0. The highest BCUT2D eigenvalue weighted by atomic mass is 35.7. The molecule has 54 valence electrons. The van der Waals surface area contributed by atoms with Gasteiger partial charge in [-0.15, -0.1) is 0 Å². The molecule has 4 heteroatoms. The molecule has 0 aliphatic carbocycles. The molecule has 0 aliphatic rings. The molecule has 1 aromatic rings. The third-order valence-electron chi connectivity index (χ3n) is 1.05. The Morgan fingerprint density at radius 2 is 1.60 bits per heavy atom. The normalized spacial score (nSPS) is 11.5. The molecule has 0 radical (unpaired) electrons.